The molecule has 3 rings (SSSR count). The van der Waals surface area contributed by atoms with Gasteiger partial charge in [0.15, 0.2) is 0 Å². The normalized spacial score (nSPS) is 32.0. The number of benzene rings is 1. The Hall–Kier alpha value is -0.860. The van der Waals surface area contributed by atoms with E-state index in [9.17, 15) is 0 Å². The first-order valence-corrected chi connectivity index (χ1v) is 8.34. The smallest absolute Gasteiger partial charge is 0.0348 e. The summed E-state index contributed by atoms with van der Waals surface area (Å²) in [6.45, 7) is 4.77. The van der Waals surface area contributed by atoms with Crippen molar-refractivity contribution in [2.75, 3.05) is 13.1 Å². The van der Waals surface area contributed by atoms with Gasteiger partial charge < -0.3 is 5.73 Å². The van der Waals surface area contributed by atoms with Gasteiger partial charge in [0.1, 0.15) is 0 Å². The molecule has 1 aliphatic heterocycles. The first-order valence-electron chi connectivity index (χ1n) is 8.34. The van der Waals surface area contributed by atoms with Crippen molar-refractivity contribution in [3.05, 3.63) is 35.9 Å². The fourth-order valence-electron chi connectivity index (χ4n) is 4.31. The van der Waals surface area contributed by atoms with Crippen LogP contribution in [-0.2, 0) is 0 Å². The Kier molecular flexibility index (Phi) is 4.42. The van der Waals surface area contributed by atoms with E-state index >= 15 is 0 Å². The number of rotatable bonds is 4. The maximum atomic E-state index is 6.37. The van der Waals surface area contributed by atoms with Gasteiger partial charge in [0.05, 0.1) is 0 Å². The van der Waals surface area contributed by atoms with Crippen LogP contribution in [0.2, 0.25) is 0 Å². The van der Waals surface area contributed by atoms with Crippen LogP contribution in [0.1, 0.15) is 50.6 Å². The lowest BCUT2D eigenvalue weighted by Gasteiger charge is -2.30. The van der Waals surface area contributed by atoms with Crippen LogP contribution in [0, 0.1) is 11.8 Å². The Morgan fingerprint density at radius 1 is 1.20 bits per heavy atom. The quantitative estimate of drug-likeness (QED) is 0.907. The van der Waals surface area contributed by atoms with Gasteiger partial charge in [0, 0.05) is 25.2 Å². The maximum Gasteiger partial charge on any atom is 0.0348 e. The van der Waals surface area contributed by atoms with Crippen molar-refractivity contribution in [3.63, 3.8) is 0 Å². The van der Waals surface area contributed by atoms with Crippen molar-refractivity contribution in [2.24, 2.45) is 17.6 Å². The molecule has 0 aromatic heterocycles. The molecule has 0 bridgehead atoms. The molecule has 4 unspecified atom stereocenters. The number of hydrogen-bond donors (Lipinski definition) is 1. The van der Waals surface area contributed by atoms with E-state index in [1.54, 1.807) is 0 Å². The summed E-state index contributed by atoms with van der Waals surface area (Å²) in [5, 5.41) is 0. The van der Waals surface area contributed by atoms with E-state index in [-0.39, 0.29) is 0 Å². The molecule has 1 aromatic carbocycles. The van der Waals surface area contributed by atoms with Crippen LogP contribution >= 0.6 is 0 Å². The summed E-state index contributed by atoms with van der Waals surface area (Å²) in [7, 11) is 0. The summed E-state index contributed by atoms with van der Waals surface area (Å²) >= 11 is 0. The van der Waals surface area contributed by atoms with Crippen LogP contribution in [-0.4, -0.2) is 24.0 Å². The van der Waals surface area contributed by atoms with E-state index in [0.29, 0.717) is 12.1 Å². The number of likely N-dealkylation sites (tertiary alicyclic amines) is 1. The molecule has 2 nitrogen and oxygen atoms in total. The van der Waals surface area contributed by atoms with Gasteiger partial charge in [-0.2, -0.15) is 0 Å². The molecule has 2 aliphatic rings. The maximum absolute atomic E-state index is 6.37. The second kappa shape index (κ2) is 6.28. The highest BCUT2D eigenvalue weighted by Crippen LogP contribution is 2.40. The highest BCUT2D eigenvalue weighted by atomic mass is 15.2. The lowest BCUT2D eigenvalue weighted by molar-refractivity contribution is 0.218. The Bertz CT molecular complexity index is 417. The van der Waals surface area contributed by atoms with E-state index < -0.39 is 0 Å². The predicted molar refractivity (Wildman–Crippen MR) is 84.5 cm³/mol. The van der Waals surface area contributed by atoms with E-state index in [4.69, 9.17) is 5.73 Å². The monoisotopic (exact) mass is 272 g/mol. The zero-order chi connectivity index (χ0) is 13.9. The van der Waals surface area contributed by atoms with Gasteiger partial charge in [-0.25, -0.2) is 0 Å². The fourth-order valence-corrected chi connectivity index (χ4v) is 4.31. The molecular weight excluding hydrogens is 244 g/mol. The standard InChI is InChI=1S/C18H28N2/c1-2-7-18(14-8-4-3-5-9-14)20-12-15-10-6-11-17(19)16(15)13-20/h3-5,8-9,15-18H,2,6-7,10-13,19H2,1H3. The molecule has 2 heteroatoms. The van der Waals surface area contributed by atoms with Crippen molar-refractivity contribution in [1.82, 2.24) is 4.90 Å². The molecule has 2 N–H and O–H groups in total. The van der Waals surface area contributed by atoms with Gasteiger partial charge in [0.25, 0.3) is 0 Å². The van der Waals surface area contributed by atoms with Crippen LogP contribution < -0.4 is 5.73 Å². The van der Waals surface area contributed by atoms with E-state index in [1.165, 1.54) is 50.8 Å². The third-order valence-corrected chi connectivity index (χ3v) is 5.37. The SMILES string of the molecule is CCCC(c1ccccc1)N1CC2CCCC(N)C2C1. The molecule has 110 valence electrons. The molecule has 1 saturated heterocycles. The van der Waals surface area contributed by atoms with Gasteiger partial charge in [-0.15, -0.1) is 0 Å². The Morgan fingerprint density at radius 3 is 2.70 bits per heavy atom. The summed E-state index contributed by atoms with van der Waals surface area (Å²) in [4.78, 5) is 2.72. The van der Waals surface area contributed by atoms with Gasteiger partial charge >= 0.3 is 0 Å². The molecule has 1 heterocycles. The number of fused-ring (bicyclic) bond motifs is 1. The van der Waals surface area contributed by atoms with Gasteiger partial charge in [-0.05, 0) is 36.7 Å². The fraction of sp³-hybridized carbons (Fsp3) is 0.667. The third kappa shape index (κ3) is 2.77. The van der Waals surface area contributed by atoms with E-state index in [1.807, 2.05) is 0 Å². The zero-order valence-electron chi connectivity index (χ0n) is 12.7. The molecular formula is C18H28N2. The zero-order valence-corrected chi connectivity index (χ0v) is 12.7. The molecule has 0 spiro atoms. The predicted octanol–water partition coefficient (Wildman–Crippen LogP) is 3.59. The van der Waals surface area contributed by atoms with Crippen LogP contribution in [0.3, 0.4) is 0 Å². The van der Waals surface area contributed by atoms with Crippen LogP contribution in [0.25, 0.3) is 0 Å². The van der Waals surface area contributed by atoms with Gasteiger partial charge in [-0.3, -0.25) is 4.90 Å². The van der Waals surface area contributed by atoms with Crippen molar-refractivity contribution in [1.29, 1.82) is 0 Å². The summed E-state index contributed by atoms with van der Waals surface area (Å²) in [6, 6.07) is 12.1. The lowest BCUT2D eigenvalue weighted by atomic mass is 9.78. The number of nitrogens with two attached hydrogens (primary N) is 1. The Labute approximate surface area is 123 Å². The second-order valence-corrected chi connectivity index (χ2v) is 6.69. The average Bonchev–Trinajstić information content (AvgIpc) is 2.91. The number of hydrogen-bond acceptors (Lipinski definition) is 2. The third-order valence-electron chi connectivity index (χ3n) is 5.37. The highest BCUT2D eigenvalue weighted by molar-refractivity contribution is 5.19. The van der Waals surface area contributed by atoms with E-state index in [0.717, 1.165) is 11.8 Å². The van der Waals surface area contributed by atoms with Crippen LogP contribution in [0.5, 0.6) is 0 Å². The van der Waals surface area contributed by atoms with E-state index in [2.05, 4.69) is 42.2 Å². The topological polar surface area (TPSA) is 29.3 Å². The highest BCUT2D eigenvalue weighted by Gasteiger charge is 2.40. The molecule has 1 saturated carbocycles. The lowest BCUT2D eigenvalue weighted by Crippen LogP contribution is -2.38. The summed E-state index contributed by atoms with van der Waals surface area (Å²) in [5.41, 5.74) is 7.86. The minimum Gasteiger partial charge on any atom is -0.327 e. The molecule has 0 amide bonds. The molecule has 1 aliphatic carbocycles. The largest absolute Gasteiger partial charge is 0.327 e. The number of nitrogens with zero attached hydrogens (tertiary/aromatic N) is 1. The average molecular weight is 272 g/mol. The first-order chi connectivity index (χ1) is 9.79. The minimum atomic E-state index is 0.441. The minimum absolute atomic E-state index is 0.441. The molecule has 2 fully saturated rings. The van der Waals surface area contributed by atoms with Crippen molar-refractivity contribution in [2.45, 2.75) is 51.1 Å². The molecule has 0 radical (unpaired) electrons. The first kappa shape index (κ1) is 14.1. The van der Waals surface area contributed by atoms with Crippen molar-refractivity contribution >= 4 is 0 Å². The van der Waals surface area contributed by atoms with Gasteiger partial charge in [-0.1, -0.05) is 50.1 Å². The van der Waals surface area contributed by atoms with Gasteiger partial charge in [0.2, 0.25) is 0 Å². The summed E-state index contributed by atoms with van der Waals surface area (Å²) in [6.07, 6.45) is 6.47. The molecule has 20 heavy (non-hydrogen) atoms. The molecule has 1 aromatic rings. The van der Waals surface area contributed by atoms with Crippen LogP contribution in [0.15, 0.2) is 30.3 Å². The Balaban J connectivity index is 1.76. The second-order valence-electron chi connectivity index (χ2n) is 6.69. The van der Waals surface area contributed by atoms with Crippen LogP contribution in [0.4, 0.5) is 0 Å². The summed E-state index contributed by atoms with van der Waals surface area (Å²) in [5.74, 6) is 1.59. The summed E-state index contributed by atoms with van der Waals surface area (Å²) < 4.78 is 0. The van der Waals surface area contributed by atoms with Crippen molar-refractivity contribution < 1.29 is 0 Å². The van der Waals surface area contributed by atoms with Crippen molar-refractivity contribution in [3.8, 4) is 0 Å². The molecule has 4 atom stereocenters. The Morgan fingerprint density at radius 2 is 2.00 bits per heavy atom.